The van der Waals surface area contributed by atoms with Gasteiger partial charge in [0, 0.05) is 32.3 Å². The maximum Gasteiger partial charge on any atom is 0.111 e. The number of benzene rings is 2. The Morgan fingerprint density at radius 3 is 1.46 bits per heavy atom. The molecular weight excluding hydrogens is 629 g/mol. The zero-order chi connectivity index (χ0) is 32.1. The summed E-state index contributed by atoms with van der Waals surface area (Å²) in [6, 6.07) is 11.9. The van der Waals surface area contributed by atoms with Crippen LogP contribution in [0.15, 0.2) is 61.4 Å². The predicted octanol–water partition coefficient (Wildman–Crippen LogP) is 9.06. The number of aliphatic hydroxyl groups is 2. The minimum atomic E-state index is -1.16. The molecule has 8 rings (SSSR count). The first-order valence-electron chi connectivity index (χ1n) is 16.5. The first-order chi connectivity index (χ1) is 22.1. The van der Waals surface area contributed by atoms with E-state index in [2.05, 4.69) is 31.2 Å². The van der Waals surface area contributed by atoms with Crippen LogP contribution in [-0.2, 0) is 0 Å². The maximum absolute atomic E-state index is 15.0. The average Bonchev–Trinajstić information content (AvgIpc) is 3.82. The lowest BCUT2D eigenvalue weighted by atomic mass is 9.80. The summed E-state index contributed by atoms with van der Waals surface area (Å²) in [4.78, 5) is 8.48. The molecule has 6 nitrogen and oxygen atoms in total. The van der Waals surface area contributed by atoms with Crippen molar-refractivity contribution >= 4 is 23.2 Å². The van der Waals surface area contributed by atoms with Gasteiger partial charge in [-0.2, -0.15) is 0 Å². The highest BCUT2D eigenvalue weighted by Crippen LogP contribution is 2.48. The summed E-state index contributed by atoms with van der Waals surface area (Å²) in [6.07, 6.45) is 13.1. The van der Waals surface area contributed by atoms with Crippen LogP contribution in [0.1, 0.15) is 100 Å². The van der Waals surface area contributed by atoms with Crippen molar-refractivity contribution in [2.45, 2.75) is 113 Å². The Morgan fingerprint density at radius 2 is 1.07 bits per heavy atom. The van der Waals surface area contributed by atoms with Crippen molar-refractivity contribution in [2.75, 3.05) is 0 Å². The number of imidazole rings is 2. The van der Waals surface area contributed by atoms with Crippen molar-refractivity contribution in [1.29, 1.82) is 0 Å². The van der Waals surface area contributed by atoms with Gasteiger partial charge >= 0.3 is 0 Å². The van der Waals surface area contributed by atoms with Crippen molar-refractivity contribution < 1.29 is 19.0 Å². The van der Waals surface area contributed by atoms with E-state index in [9.17, 15) is 10.2 Å². The highest BCUT2D eigenvalue weighted by Gasteiger charge is 2.39. The molecule has 2 aromatic heterocycles. The number of alkyl halides is 2. The fourth-order valence-electron chi connectivity index (χ4n) is 8.10. The lowest BCUT2D eigenvalue weighted by Gasteiger charge is -2.33. The van der Waals surface area contributed by atoms with E-state index >= 15 is 8.78 Å². The highest BCUT2D eigenvalue weighted by molar-refractivity contribution is 6.32. The Labute approximate surface area is 278 Å². The smallest absolute Gasteiger partial charge is 0.111 e. The van der Waals surface area contributed by atoms with Crippen molar-refractivity contribution in [3.05, 3.63) is 82.6 Å². The molecule has 0 saturated heterocycles. The molecule has 46 heavy (non-hydrogen) atoms. The fourth-order valence-corrected chi connectivity index (χ4v) is 8.70. The van der Waals surface area contributed by atoms with Gasteiger partial charge in [-0.3, -0.25) is 0 Å². The molecule has 10 heteroatoms. The third kappa shape index (κ3) is 6.02. The van der Waals surface area contributed by atoms with Crippen LogP contribution in [0.2, 0.25) is 10.0 Å². The summed E-state index contributed by atoms with van der Waals surface area (Å²) in [5.74, 6) is 0. The average molecular weight is 670 g/mol. The molecule has 4 aliphatic rings. The Morgan fingerprint density at radius 1 is 0.674 bits per heavy atom. The van der Waals surface area contributed by atoms with Crippen LogP contribution in [0.3, 0.4) is 0 Å². The minimum Gasteiger partial charge on any atom is -0.393 e. The SMILES string of the molecule is OC1CCC(F)(CCC2c3c(Cl)cccc3-c3cncn32)CC1.OC1CCC(F)(CCC2c3c(Cl)cccc3-c3cncn32)CC1. The Hall–Kier alpha value is -2.78. The van der Waals surface area contributed by atoms with Crippen LogP contribution in [0.5, 0.6) is 0 Å². The van der Waals surface area contributed by atoms with Crippen LogP contribution in [0.4, 0.5) is 8.78 Å². The number of rotatable bonds is 6. The van der Waals surface area contributed by atoms with Crippen molar-refractivity contribution in [1.82, 2.24) is 19.1 Å². The van der Waals surface area contributed by atoms with Gasteiger partial charge in [0.25, 0.3) is 0 Å². The first kappa shape index (κ1) is 31.8. The molecule has 0 amide bonds. The second-order valence-corrected chi connectivity index (χ2v) is 14.5. The van der Waals surface area contributed by atoms with Crippen LogP contribution < -0.4 is 0 Å². The Kier molecular flexibility index (Phi) is 8.76. The van der Waals surface area contributed by atoms with Crippen LogP contribution in [-0.4, -0.2) is 52.9 Å². The van der Waals surface area contributed by atoms with Crippen molar-refractivity contribution in [3.8, 4) is 22.5 Å². The number of nitrogens with zero attached hydrogens (tertiary/aromatic N) is 4. The molecule has 0 bridgehead atoms. The molecule has 244 valence electrons. The first-order valence-corrected chi connectivity index (χ1v) is 17.3. The number of aromatic nitrogens is 4. The van der Waals surface area contributed by atoms with Crippen molar-refractivity contribution in [2.24, 2.45) is 0 Å². The standard InChI is InChI=1S/2C18H20ClFN2O/c2*19-14-3-1-2-13-16-10-21-11-22(16)15(17(13)14)6-9-18(20)7-4-12(23)5-8-18/h2*1-3,10-12,15,23H,4-9H2. The third-order valence-electron chi connectivity index (χ3n) is 10.8. The Bertz CT molecular complexity index is 1570. The monoisotopic (exact) mass is 668 g/mol. The summed E-state index contributed by atoms with van der Waals surface area (Å²) in [5, 5.41) is 20.7. The van der Waals surface area contributed by atoms with Gasteiger partial charge in [-0.25, -0.2) is 18.7 Å². The van der Waals surface area contributed by atoms with Gasteiger partial charge in [-0.1, -0.05) is 47.5 Å². The third-order valence-corrected chi connectivity index (χ3v) is 11.4. The van der Waals surface area contributed by atoms with E-state index in [1.807, 2.05) is 49.3 Å². The van der Waals surface area contributed by atoms with Gasteiger partial charge in [0.1, 0.15) is 11.3 Å². The summed E-state index contributed by atoms with van der Waals surface area (Å²) in [7, 11) is 0. The van der Waals surface area contributed by atoms with E-state index in [1.165, 1.54) is 0 Å². The molecule has 2 aliphatic heterocycles. The van der Waals surface area contributed by atoms with Crippen LogP contribution in [0.25, 0.3) is 22.5 Å². The lowest BCUT2D eigenvalue weighted by molar-refractivity contribution is 0.0253. The number of hydrogen-bond donors (Lipinski definition) is 2. The molecule has 0 radical (unpaired) electrons. The molecule has 2 saturated carbocycles. The molecule has 4 heterocycles. The zero-order valence-corrected chi connectivity index (χ0v) is 27.3. The second-order valence-electron chi connectivity index (χ2n) is 13.6. The topological polar surface area (TPSA) is 76.1 Å². The van der Waals surface area contributed by atoms with E-state index in [4.69, 9.17) is 23.2 Å². The van der Waals surface area contributed by atoms with Crippen LogP contribution >= 0.6 is 23.2 Å². The molecule has 4 aromatic rings. The van der Waals surface area contributed by atoms with Gasteiger partial charge < -0.3 is 19.3 Å². The van der Waals surface area contributed by atoms with E-state index in [0.717, 1.165) is 43.7 Å². The summed E-state index contributed by atoms with van der Waals surface area (Å²) in [6.45, 7) is 0. The summed E-state index contributed by atoms with van der Waals surface area (Å²) < 4.78 is 34.2. The molecule has 2 fully saturated rings. The van der Waals surface area contributed by atoms with E-state index < -0.39 is 11.3 Å². The van der Waals surface area contributed by atoms with Crippen LogP contribution in [0, 0.1) is 0 Å². The quantitative estimate of drug-likeness (QED) is 0.215. The fraction of sp³-hybridized carbons (Fsp3) is 0.500. The molecule has 2 aliphatic carbocycles. The predicted molar refractivity (Wildman–Crippen MR) is 177 cm³/mol. The van der Waals surface area contributed by atoms with Gasteiger partial charge in [0.15, 0.2) is 0 Å². The maximum atomic E-state index is 15.0. The van der Waals surface area contributed by atoms with E-state index in [0.29, 0.717) is 77.0 Å². The van der Waals surface area contributed by atoms with Gasteiger partial charge in [-0.05, 0) is 89.2 Å². The molecule has 2 unspecified atom stereocenters. The molecule has 2 atom stereocenters. The lowest BCUT2D eigenvalue weighted by Crippen LogP contribution is -2.32. The number of aliphatic hydroxyl groups excluding tert-OH is 2. The molecular formula is C36H40Cl2F2N4O2. The Balaban J connectivity index is 0.000000147. The minimum absolute atomic E-state index is 0.0516. The van der Waals surface area contributed by atoms with Gasteiger partial charge in [0.05, 0.1) is 60.7 Å². The largest absolute Gasteiger partial charge is 0.393 e. The second kappa shape index (κ2) is 12.7. The number of fused-ring (bicyclic) bond motifs is 6. The van der Waals surface area contributed by atoms with E-state index in [-0.39, 0.29) is 24.3 Å². The molecule has 0 spiro atoms. The summed E-state index contributed by atoms with van der Waals surface area (Å²) in [5.41, 5.74) is 4.17. The van der Waals surface area contributed by atoms with E-state index in [1.54, 1.807) is 0 Å². The number of halogens is 4. The summed E-state index contributed by atoms with van der Waals surface area (Å²) >= 11 is 12.9. The normalized spacial score (nSPS) is 29.3. The zero-order valence-electron chi connectivity index (χ0n) is 25.8. The van der Waals surface area contributed by atoms with Crippen molar-refractivity contribution in [3.63, 3.8) is 0 Å². The highest BCUT2D eigenvalue weighted by atomic mass is 35.5. The van der Waals surface area contributed by atoms with Gasteiger partial charge in [-0.15, -0.1) is 0 Å². The van der Waals surface area contributed by atoms with Gasteiger partial charge in [0.2, 0.25) is 0 Å². The molecule has 2 aromatic carbocycles. The molecule has 2 N–H and O–H groups in total. The number of hydrogen-bond acceptors (Lipinski definition) is 4.